The van der Waals surface area contributed by atoms with Gasteiger partial charge in [0.25, 0.3) is 5.56 Å². The van der Waals surface area contributed by atoms with E-state index >= 15 is 0 Å². The Hall–Kier alpha value is -1.70. The molecule has 2 heterocycles. The van der Waals surface area contributed by atoms with E-state index in [1.165, 1.54) is 11.8 Å². The van der Waals surface area contributed by atoms with E-state index in [0.29, 0.717) is 21.6 Å². The molecule has 3 rings (SSSR count). The number of benzene rings is 1. The van der Waals surface area contributed by atoms with Crippen molar-refractivity contribution in [1.29, 1.82) is 0 Å². The van der Waals surface area contributed by atoms with Crippen molar-refractivity contribution in [1.82, 2.24) is 19.6 Å². The van der Waals surface area contributed by atoms with Crippen LogP contribution in [0.2, 0.25) is 0 Å². The van der Waals surface area contributed by atoms with Crippen LogP contribution in [0.1, 0.15) is 17.0 Å². The fourth-order valence-electron chi connectivity index (χ4n) is 1.89. The Morgan fingerprint density at radius 3 is 2.79 bits per heavy atom. The Labute approximate surface area is 122 Å². The molecule has 0 unspecified atom stereocenters. The Bertz CT molecular complexity index is 789. The molecule has 0 aliphatic carbocycles. The van der Waals surface area contributed by atoms with Gasteiger partial charge in [0.2, 0.25) is 0 Å². The summed E-state index contributed by atoms with van der Waals surface area (Å²) in [6.45, 7) is 2.05. The normalized spacial score (nSPS) is 11.1. The first-order chi connectivity index (χ1) is 9.13. The third-order valence-electron chi connectivity index (χ3n) is 2.90. The second-order valence-corrected chi connectivity index (χ2v) is 5.35. The summed E-state index contributed by atoms with van der Waals surface area (Å²) in [5, 5.41) is 4.40. The van der Waals surface area contributed by atoms with E-state index in [-0.39, 0.29) is 5.56 Å². The molecule has 1 aromatic carbocycles. The molecule has 19 heavy (non-hydrogen) atoms. The predicted molar refractivity (Wildman–Crippen MR) is 80.3 cm³/mol. The summed E-state index contributed by atoms with van der Waals surface area (Å²) in [6, 6.07) is 8.18. The molecule has 0 spiro atoms. The van der Waals surface area contributed by atoms with Crippen LogP contribution in [0.5, 0.6) is 0 Å². The van der Waals surface area contributed by atoms with Gasteiger partial charge < -0.3 is 4.98 Å². The minimum absolute atomic E-state index is 0.160. The average molecular weight is 366 g/mol. The summed E-state index contributed by atoms with van der Waals surface area (Å²) < 4.78 is 2.26. The largest absolute Gasteiger partial charge is 0.307 e. The molecule has 0 bridgehead atoms. The highest BCUT2D eigenvalue weighted by molar-refractivity contribution is 14.1. The van der Waals surface area contributed by atoms with E-state index in [1.54, 1.807) is 4.52 Å². The lowest BCUT2D eigenvalue weighted by Gasteiger charge is -2.03. The van der Waals surface area contributed by atoms with Crippen LogP contribution in [0.15, 0.2) is 35.3 Å². The van der Waals surface area contributed by atoms with Crippen molar-refractivity contribution in [2.45, 2.75) is 13.3 Å². The molecule has 6 heteroatoms. The summed E-state index contributed by atoms with van der Waals surface area (Å²) in [6.07, 6.45) is 2.13. The van der Waals surface area contributed by atoms with E-state index in [9.17, 15) is 4.79 Å². The SMILES string of the molecule is Cc1ccc(Cc2nn3c(I)ncc3c(=O)[nH]2)cc1. The van der Waals surface area contributed by atoms with Crippen LogP contribution < -0.4 is 5.56 Å². The van der Waals surface area contributed by atoms with E-state index in [1.807, 2.05) is 31.2 Å². The van der Waals surface area contributed by atoms with Gasteiger partial charge in [-0.15, -0.1) is 0 Å². The molecule has 0 saturated heterocycles. The van der Waals surface area contributed by atoms with Gasteiger partial charge in [-0.25, -0.2) is 9.50 Å². The van der Waals surface area contributed by atoms with Crippen LogP contribution in [-0.4, -0.2) is 19.6 Å². The standard InChI is InChI=1S/C13H11IN4O/c1-8-2-4-9(5-3-8)6-11-16-12(19)10-7-15-13(14)18(10)17-11/h2-5,7H,6H2,1H3,(H,16,17,19). The van der Waals surface area contributed by atoms with Crippen LogP contribution in [0.4, 0.5) is 0 Å². The van der Waals surface area contributed by atoms with Gasteiger partial charge in [0.1, 0.15) is 5.82 Å². The summed E-state index contributed by atoms with van der Waals surface area (Å²) in [5.41, 5.74) is 2.64. The number of hydrogen-bond acceptors (Lipinski definition) is 3. The third kappa shape index (κ3) is 2.40. The number of halogens is 1. The first kappa shape index (κ1) is 12.3. The number of rotatable bonds is 2. The molecule has 1 N–H and O–H groups in total. The third-order valence-corrected chi connectivity index (χ3v) is 3.64. The van der Waals surface area contributed by atoms with Crippen LogP contribution in [-0.2, 0) is 6.42 Å². The lowest BCUT2D eigenvalue weighted by molar-refractivity contribution is 0.791. The number of aryl methyl sites for hydroxylation is 1. The Morgan fingerprint density at radius 1 is 1.32 bits per heavy atom. The van der Waals surface area contributed by atoms with Crippen molar-refractivity contribution in [2.75, 3.05) is 0 Å². The minimum atomic E-state index is -0.160. The molecule has 0 aliphatic heterocycles. The lowest BCUT2D eigenvalue weighted by Crippen LogP contribution is -2.16. The first-order valence-corrected chi connectivity index (χ1v) is 6.89. The Kier molecular flexibility index (Phi) is 3.09. The average Bonchev–Trinajstić information content (AvgIpc) is 2.75. The number of aromatic nitrogens is 4. The van der Waals surface area contributed by atoms with E-state index in [4.69, 9.17) is 0 Å². The van der Waals surface area contributed by atoms with Gasteiger partial charge in [-0.1, -0.05) is 29.8 Å². The van der Waals surface area contributed by atoms with Gasteiger partial charge in [-0.2, -0.15) is 5.10 Å². The van der Waals surface area contributed by atoms with Crippen molar-refractivity contribution in [2.24, 2.45) is 0 Å². The van der Waals surface area contributed by atoms with Crippen molar-refractivity contribution < 1.29 is 0 Å². The molecule has 0 radical (unpaired) electrons. The van der Waals surface area contributed by atoms with Gasteiger partial charge in [-0.05, 0) is 12.5 Å². The summed E-state index contributed by atoms with van der Waals surface area (Å²) >= 11 is 2.06. The van der Waals surface area contributed by atoms with Crippen LogP contribution >= 0.6 is 22.6 Å². The molecule has 2 aromatic heterocycles. The molecule has 0 atom stereocenters. The summed E-state index contributed by atoms with van der Waals surface area (Å²) in [4.78, 5) is 18.8. The monoisotopic (exact) mass is 366 g/mol. The maximum atomic E-state index is 11.9. The number of fused-ring (bicyclic) bond motifs is 1. The Balaban J connectivity index is 2.03. The molecule has 0 amide bonds. The van der Waals surface area contributed by atoms with Crippen molar-refractivity contribution in [3.05, 3.63) is 61.6 Å². The zero-order valence-electron chi connectivity index (χ0n) is 10.2. The van der Waals surface area contributed by atoms with E-state index in [2.05, 4.69) is 37.7 Å². The molecular weight excluding hydrogens is 355 g/mol. The fraction of sp³-hybridized carbons (Fsp3) is 0.154. The molecule has 0 fully saturated rings. The molecule has 5 nitrogen and oxygen atoms in total. The molecule has 96 valence electrons. The Morgan fingerprint density at radius 2 is 2.05 bits per heavy atom. The molecule has 0 aliphatic rings. The number of H-pyrrole nitrogens is 1. The van der Waals surface area contributed by atoms with Gasteiger partial charge >= 0.3 is 0 Å². The van der Waals surface area contributed by atoms with Gasteiger partial charge in [-0.3, -0.25) is 4.79 Å². The van der Waals surface area contributed by atoms with Gasteiger partial charge in [0.15, 0.2) is 9.35 Å². The van der Waals surface area contributed by atoms with Crippen molar-refractivity contribution in [3.63, 3.8) is 0 Å². The fourth-order valence-corrected chi connectivity index (χ4v) is 2.40. The minimum Gasteiger partial charge on any atom is -0.307 e. The smallest absolute Gasteiger partial charge is 0.276 e. The quantitative estimate of drug-likeness (QED) is 0.705. The van der Waals surface area contributed by atoms with Gasteiger partial charge in [0, 0.05) is 29.0 Å². The number of hydrogen-bond donors (Lipinski definition) is 1. The lowest BCUT2D eigenvalue weighted by atomic mass is 10.1. The van der Waals surface area contributed by atoms with Crippen LogP contribution in [0, 0.1) is 10.8 Å². The maximum absolute atomic E-state index is 11.9. The van der Waals surface area contributed by atoms with Crippen molar-refractivity contribution >= 4 is 28.1 Å². The number of aromatic amines is 1. The highest BCUT2D eigenvalue weighted by Crippen LogP contribution is 2.08. The topological polar surface area (TPSA) is 63.1 Å². The van der Waals surface area contributed by atoms with Crippen LogP contribution in [0.25, 0.3) is 5.52 Å². The maximum Gasteiger partial charge on any atom is 0.276 e. The van der Waals surface area contributed by atoms with E-state index < -0.39 is 0 Å². The second-order valence-electron chi connectivity index (χ2n) is 4.39. The highest BCUT2D eigenvalue weighted by atomic mass is 127. The molecular formula is C13H11IN4O. The van der Waals surface area contributed by atoms with Gasteiger partial charge in [0.05, 0.1) is 6.20 Å². The number of imidazole rings is 1. The van der Waals surface area contributed by atoms with Crippen LogP contribution in [0.3, 0.4) is 0 Å². The highest BCUT2D eigenvalue weighted by Gasteiger charge is 2.08. The first-order valence-electron chi connectivity index (χ1n) is 5.81. The second kappa shape index (κ2) is 4.76. The summed E-state index contributed by atoms with van der Waals surface area (Å²) in [5.74, 6) is 0.636. The molecule has 3 aromatic rings. The zero-order chi connectivity index (χ0) is 13.4. The number of nitrogens with one attached hydrogen (secondary N) is 1. The predicted octanol–water partition coefficient (Wildman–Crippen LogP) is 1.92. The summed E-state index contributed by atoms with van der Waals surface area (Å²) in [7, 11) is 0. The van der Waals surface area contributed by atoms with E-state index in [0.717, 1.165) is 5.56 Å². The molecule has 0 saturated carbocycles. The number of nitrogens with zero attached hydrogens (tertiary/aromatic N) is 3. The zero-order valence-corrected chi connectivity index (χ0v) is 12.4. The van der Waals surface area contributed by atoms with Crippen molar-refractivity contribution in [3.8, 4) is 0 Å².